The van der Waals surface area contributed by atoms with Gasteiger partial charge in [0.15, 0.2) is 5.69 Å². The maximum atomic E-state index is 12.5. The smallest absolute Gasteiger partial charge is 0.362 e. The number of benzene rings is 2. The first-order chi connectivity index (χ1) is 13.2. The Morgan fingerprint density at radius 1 is 1.04 bits per heavy atom. The Bertz CT molecular complexity index is 1130. The largest absolute Gasteiger partial charge is 0.421 e. The van der Waals surface area contributed by atoms with Gasteiger partial charge in [-0.1, -0.05) is 35.5 Å². The molecule has 0 aliphatic rings. The molecule has 0 saturated carbocycles. The minimum Gasteiger partial charge on any atom is -0.421 e. The third kappa shape index (κ3) is 3.21. The highest BCUT2D eigenvalue weighted by Gasteiger charge is 2.12. The first-order valence-corrected chi connectivity index (χ1v) is 9.00. The van der Waals surface area contributed by atoms with Crippen LogP contribution in [0.2, 0.25) is 0 Å². The van der Waals surface area contributed by atoms with Crippen molar-refractivity contribution in [1.29, 1.82) is 0 Å². The Morgan fingerprint density at radius 2 is 1.81 bits per heavy atom. The van der Waals surface area contributed by atoms with Gasteiger partial charge in [-0.05, 0) is 32.0 Å². The van der Waals surface area contributed by atoms with Crippen LogP contribution in [0.3, 0.4) is 0 Å². The number of rotatable bonds is 5. The lowest BCUT2D eigenvalue weighted by Crippen LogP contribution is -2.21. The molecule has 0 amide bonds. The molecule has 0 saturated heterocycles. The number of hydrogen-bond donors (Lipinski definition) is 0. The molecule has 0 aliphatic carbocycles. The minimum absolute atomic E-state index is 0.341. The molecule has 27 heavy (non-hydrogen) atoms. The molecule has 4 aromatic rings. The first kappa shape index (κ1) is 17.0. The zero-order chi connectivity index (χ0) is 18.8. The Hall–Kier alpha value is -3.41. The van der Waals surface area contributed by atoms with Crippen LogP contribution in [0.5, 0.6) is 0 Å². The molecule has 136 valence electrons. The average Bonchev–Trinajstić information content (AvgIpc) is 3.19. The molecule has 0 atom stereocenters. The van der Waals surface area contributed by atoms with Gasteiger partial charge in [-0.2, -0.15) is 0 Å². The second-order valence-electron chi connectivity index (χ2n) is 6.23. The van der Waals surface area contributed by atoms with Crippen LogP contribution in [-0.4, -0.2) is 28.1 Å². The Kier molecular flexibility index (Phi) is 4.46. The van der Waals surface area contributed by atoms with Gasteiger partial charge in [0.1, 0.15) is 11.3 Å². The second kappa shape index (κ2) is 7.07. The van der Waals surface area contributed by atoms with Crippen molar-refractivity contribution in [1.82, 2.24) is 15.0 Å². The zero-order valence-corrected chi connectivity index (χ0v) is 15.3. The average molecular weight is 360 g/mol. The van der Waals surface area contributed by atoms with E-state index in [1.165, 1.54) is 4.68 Å². The summed E-state index contributed by atoms with van der Waals surface area (Å²) in [5.74, 6) is 0. The lowest BCUT2D eigenvalue weighted by molar-refractivity contribution is 0.550. The standard InChI is InChI=1S/C21H20N4O2/c1-3-24(4-2)17-11-10-16-12-19(21(26)27-20(16)13-17)25-14-18(22-23-25)15-8-6-5-7-9-15/h5-14H,3-4H2,1-2H3. The SMILES string of the molecule is CCN(CC)c1ccc2cc(-n3cc(-c4ccccc4)nn3)c(=O)oc2c1. The topological polar surface area (TPSA) is 64.2 Å². The van der Waals surface area contributed by atoms with Gasteiger partial charge in [-0.3, -0.25) is 0 Å². The predicted octanol–water partition coefficient (Wildman–Crippen LogP) is 3.89. The molecule has 6 heteroatoms. The normalized spacial score (nSPS) is 11.0. The zero-order valence-electron chi connectivity index (χ0n) is 15.3. The van der Waals surface area contributed by atoms with Crippen molar-refractivity contribution in [3.8, 4) is 16.9 Å². The highest BCUT2D eigenvalue weighted by atomic mass is 16.4. The summed E-state index contributed by atoms with van der Waals surface area (Å²) >= 11 is 0. The quantitative estimate of drug-likeness (QED) is 0.505. The fourth-order valence-corrected chi connectivity index (χ4v) is 3.16. The van der Waals surface area contributed by atoms with Crippen molar-refractivity contribution in [3.05, 3.63) is 71.2 Å². The van der Waals surface area contributed by atoms with Gasteiger partial charge in [0.25, 0.3) is 0 Å². The van der Waals surface area contributed by atoms with Crippen molar-refractivity contribution in [3.63, 3.8) is 0 Å². The number of anilines is 1. The molecular weight excluding hydrogens is 340 g/mol. The summed E-state index contributed by atoms with van der Waals surface area (Å²) in [5.41, 5.74) is 3.15. The van der Waals surface area contributed by atoms with Crippen LogP contribution in [-0.2, 0) is 0 Å². The first-order valence-electron chi connectivity index (χ1n) is 9.00. The van der Waals surface area contributed by atoms with Crippen LogP contribution < -0.4 is 10.5 Å². The van der Waals surface area contributed by atoms with Crippen molar-refractivity contribution in [2.75, 3.05) is 18.0 Å². The number of hydrogen-bond acceptors (Lipinski definition) is 5. The lowest BCUT2D eigenvalue weighted by Gasteiger charge is -2.20. The molecule has 2 aromatic heterocycles. The summed E-state index contributed by atoms with van der Waals surface area (Å²) in [4.78, 5) is 14.7. The summed E-state index contributed by atoms with van der Waals surface area (Å²) in [7, 11) is 0. The minimum atomic E-state index is -0.441. The number of nitrogens with zero attached hydrogens (tertiary/aromatic N) is 4. The molecule has 0 aliphatic heterocycles. The van der Waals surface area contributed by atoms with Crippen molar-refractivity contribution in [2.24, 2.45) is 0 Å². The fourth-order valence-electron chi connectivity index (χ4n) is 3.16. The van der Waals surface area contributed by atoms with Crippen LogP contribution >= 0.6 is 0 Å². The molecule has 6 nitrogen and oxygen atoms in total. The van der Waals surface area contributed by atoms with Crippen molar-refractivity contribution < 1.29 is 4.42 Å². The lowest BCUT2D eigenvalue weighted by atomic mass is 10.2. The highest BCUT2D eigenvalue weighted by molar-refractivity contribution is 5.82. The van der Waals surface area contributed by atoms with Gasteiger partial charge in [-0.25, -0.2) is 9.48 Å². The summed E-state index contributed by atoms with van der Waals surface area (Å²) in [5, 5.41) is 9.12. The van der Waals surface area contributed by atoms with Crippen molar-refractivity contribution >= 4 is 16.7 Å². The van der Waals surface area contributed by atoms with E-state index >= 15 is 0 Å². The molecule has 0 fully saturated rings. The maximum absolute atomic E-state index is 12.5. The van der Waals surface area contributed by atoms with Gasteiger partial charge in [0.05, 0.1) is 6.20 Å². The van der Waals surface area contributed by atoms with Crippen LogP contribution in [0.25, 0.3) is 27.9 Å². The highest BCUT2D eigenvalue weighted by Crippen LogP contribution is 2.23. The Labute approximate surface area is 156 Å². The van der Waals surface area contributed by atoms with E-state index in [2.05, 4.69) is 29.1 Å². The summed E-state index contributed by atoms with van der Waals surface area (Å²) in [6.45, 7) is 5.99. The van der Waals surface area contributed by atoms with E-state index in [4.69, 9.17) is 4.42 Å². The Balaban J connectivity index is 1.75. The van der Waals surface area contributed by atoms with Crippen LogP contribution in [0.4, 0.5) is 5.69 Å². The van der Waals surface area contributed by atoms with E-state index in [1.54, 1.807) is 12.3 Å². The van der Waals surface area contributed by atoms with Gasteiger partial charge in [0, 0.05) is 35.8 Å². The molecular formula is C21H20N4O2. The molecule has 0 N–H and O–H groups in total. The van der Waals surface area contributed by atoms with E-state index in [9.17, 15) is 4.79 Å². The molecule has 0 spiro atoms. The van der Waals surface area contributed by atoms with E-state index in [1.807, 2.05) is 48.5 Å². The van der Waals surface area contributed by atoms with Crippen LogP contribution in [0, 0.1) is 0 Å². The monoisotopic (exact) mass is 360 g/mol. The van der Waals surface area contributed by atoms with Gasteiger partial charge in [0.2, 0.25) is 0 Å². The summed E-state index contributed by atoms with van der Waals surface area (Å²) in [6.07, 6.45) is 1.73. The number of aromatic nitrogens is 3. The molecule has 0 radical (unpaired) electrons. The fraction of sp³-hybridized carbons (Fsp3) is 0.190. The molecule has 2 heterocycles. The second-order valence-corrected chi connectivity index (χ2v) is 6.23. The summed E-state index contributed by atoms with van der Waals surface area (Å²) in [6, 6.07) is 17.4. The molecule has 4 rings (SSSR count). The van der Waals surface area contributed by atoms with E-state index in [-0.39, 0.29) is 0 Å². The van der Waals surface area contributed by atoms with E-state index in [0.717, 1.165) is 29.7 Å². The van der Waals surface area contributed by atoms with Crippen LogP contribution in [0.15, 0.2) is 70.0 Å². The Morgan fingerprint density at radius 3 is 2.56 bits per heavy atom. The molecule has 0 bridgehead atoms. The molecule has 0 unspecified atom stereocenters. The van der Waals surface area contributed by atoms with Gasteiger partial charge >= 0.3 is 5.63 Å². The van der Waals surface area contributed by atoms with E-state index in [0.29, 0.717) is 17.0 Å². The number of fused-ring (bicyclic) bond motifs is 1. The molecule has 2 aromatic carbocycles. The van der Waals surface area contributed by atoms with Gasteiger partial charge in [-0.15, -0.1) is 5.10 Å². The maximum Gasteiger partial charge on any atom is 0.362 e. The van der Waals surface area contributed by atoms with E-state index < -0.39 is 5.63 Å². The third-order valence-corrected chi connectivity index (χ3v) is 4.64. The predicted molar refractivity (Wildman–Crippen MR) is 106 cm³/mol. The van der Waals surface area contributed by atoms with Crippen LogP contribution in [0.1, 0.15) is 13.8 Å². The summed E-state index contributed by atoms with van der Waals surface area (Å²) < 4.78 is 7.04. The third-order valence-electron chi connectivity index (χ3n) is 4.64. The van der Waals surface area contributed by atoms with Crippen molar-refractivity contribution in [2.45, 2.75) is 13.8 Å². The van der Waals surface area contributed by atoms with Gasteiger partial charge < -0.3 is 9.32 Å².